The van der Waals surface area contributed by atoms with Gasteiger partial charge in [0.15, 0.2) is 0 Å². The van der Waals surface area contributed by atoms with Gasteiger partial charge in [-0.15, -0.1) is 11.3 Å². The third-order valence-electron chi connectivity index (χ3n) is 2.06. The van der Waals surface area contributed by atoms with Gasteiger partial charge in [0.2, 0.25) is 0 Å². The monoisotopic (exact) mass is 219 g/mol. The summed E-state index contributed by atoms with van der Waals surface area (Å²) in [6, 6.07) is 5.41. The van der Waals surface area contributed by atoms with E-state index in [1.54, 1.807) is 17.5 Å². The number of carbonyl (C=O) groups is 1. The summed E-state index contributed by atoms with van der Waals surface area (Å²) in [5.41, 5.74) is 0.981. The minimum atomic E-state index is -0.918. The number of pyridine rings is 1. The van der Waals surface area contributed by atoms with Gasteiger partial charge in [-0.25, -0.2) is 4.79 Å². The van der Waals surface area contributed by atoms with Crippen molar-refractivity contribution in [1.82, 2.24) is 4.98 Å². The van der Waals surface area contributed by atoms with Crippen molar-refractivity contribution in [2.24, 2.45) is 0 Å². The Morgan fingerprint density at radius 3 is 2.80 bits per heavy atom. The molecule has 76 valence electrons. The van der Waals surface area contributed by atoms with Gasteiger partial charge < -0.3 is 5.11 Å². The summed E-state index contributed by atoms with van der Waals surface area (Å²) in [5, 5.41) is 9.01. The van der Waals surface area contributed by atoms with Crippen LogP contribution in [0.15, 0.2) is 30.6 Å². The smallest absolute Gasteiger partial charge is 0.336 e. The lowest BCUT2D eigenvalue weighted by molar-refractivity contribution is 0.0697. The van der Waals surface area contributed by atoms with Gasteiger partial charge >= 0.3 is 5.97 Å². The van der Waals surface area contributed by atoms with Gasteiger partial charge in [-0.3, -0.25) is 4.98 Å². The van der Waals surface area contributed by atoms with E-state index >= 15 is 0 Å². The first-order valence-electron chi connectivity index (χ1n) is 4.42. The minimum Gasteiger partial charge on any atom is -0.478 e. The fourth-order valence-electron chi connectivity index (χ4n) is 1.36. The number of aromatic carboxylic acids is 1. The predicted octanol–water partition coefficient (Wildman–Crippen LogP) is 2.82. The largest absolute Gasteiger partial charge is 0.478 e. The third kappa shape index (κ3) is 1.89. The molecule has 0 aromatic carbocycles. The number of carboxylic acids is 1. The lowest BCUT2D eigenvalue weighted by Gasteiger charge is -2.01. The Balaban J connectivity index is 2.57. The Labute approximate surface area is 91.0 Å². The molecule has 2 rings (SSSR count). The van der Waals surface area contributed by atoms with Crippen molar-refractivity contribution in [2.45, 2.75) is 6.92 Å². The van der Waals surface area contributed by atoms with Crippen molar-refractivity contribution < 1.29 is 9.90 Å². The number of hydrogen-bond donors (Lipinski definition) is 1. The molecule has 1 N–H and O–H groups in total. The van der Waals surface area contributed by atoms with Crippen LogP contribution < -0.4 is 0 Å². The predicted molar refractivity (Wildman–Crippen MR) is 59.2 cm³/mol. The number of thiophene rings is 1. The van der Waals surface area contributed by atoms with Crippen molar-refractivity contribution in [3.05, 3.63) is 41.0 Å². The van der Waals surface area contributed by atoms with Gasteiger partial charge in [-0.1, -0.05) is 0 Å². The summed E-state index contributed by atoms with van der Waals surface area (Å²) in [7, 11) is 0. The zero-order valence-corrected chi connectivity index (χ0v) is 8.91. The van der Waals surface area contributed by atoms with E-state index in [9.17, 15) is 4.79 Å². The van der Waals surface area contributed by atoms with Crippen LogP contribution in [-0.2, 0) is 0 Å². The topological polar surface area (TPSA) is 50.2 Å². The molecule has 0 amide bonds. The Kier molecular flexibility index (Phi) is 2.51. The van der Waals surface area contributed by atoms with Gasteiger partial charge in [0.05, 0.1) is 5.56 Å². The molecule has 0 spiro atoms. The van der Waals surface area contributed by atoms with Gasteiger partial charge in [0, 0.05) is 27.7 Å². The van der Waals surface area contributed by atoms with Crippen LogP contribution in [0.1, 0.15) is 15.2 Å². The standard InChI is InChI=1S/C11H9NO2S/c1-7-2-3-10(15-7)9-6-12-5-4-8(9)11(13)14/h2-6H,1H3,(H,13,14). The highest BCUT2D eigenvalue weighted by Gasteiger charge is 2.12. The number of carboxylic acid groups (broad SMARTS) is 1. The van der Waals surface area contributed by atoms with E-state index in [1.807, 2.05) is 19.1 Å². The van der Waals surface area contributed by atoms with Crippen molar-refractivity contribution in [2.75, 3.05) is 0 Å². The van der Waals surface area contributed by atoms with Crippen LogP contribution in [0.3, 0.4) is 0 Å². The van der Waals surface area contributed by atoms with Crippen molar-refractivity contribution in [3.8, 4) is 10.4 Å². The highest BCUT2D eigenvalue weighted by Crippen LogP contribution is 2.29. The molecular formula is C11H9NO2S. The van der Waals surface area contributed by atoms with Crippen LogP contribution in [0.5, 0.6) is 0 Å². The van der Waals surface area contributed by atoms with E-state index in [0.717, 1.165) is 9.75 Å². The van der Waals surface area contributed by atoms with Crippen LogP contribution in [0.4, 0.5) is 0 Å². The van der Waals surface area contributed by atoms with E-state index in [1.165, 1.54) is 12.3 Å². The van der Waals surface area contributed by atoms with Gasteiger partial charge in [0.25, 0.3) is 0 Å². The Morgan fingerprint density at radius 1 is 1.40 bits per heavy atom. The number of rotatable bonds is 2. The van der Waals surface area contributed by atoms with E-state index in [-0.39, 0.29) is 0 Å². The zero-order valence-electron chi connectivity index (χ0n) is 8.10. The van der Waals surface area contributed by atoms with Gasteiger partial charge in [-0.05, 0) is 25.1 Å². The van der Waals surface area contributed by atoms with Crippen LogP contribution in [0.2, 0.25) is 0 Å². The maximum Gasteiger partial charge on any atom is 0.336 e. The number of nitrogens with zero attached hydrogens (tertiary/aromatic N) is 1. The lowest BCUT2D eigenvalue weighted by atomic mass is 10.1. The van der Waals surface area contributed by atoms with Crippen LogP contribution >= 0.6 is 11.3 Å². The Bertz CT molecular complexity index is 505. The molecule has 2 aromatic rings. The van der Waals surface area contributed by atoms with Crippen LogP contribution in [-0.4, -0.2) is 16.1 Å². The average molecular weight is 219 g/mol. The molecule has 4 heteroatoms. The Hall–Kier alpha value is -1.68. The number of aromatic nitrogens is 1. The van der Waals surface area contributed by atoms with E-state index in [2.05, 4.69) is 4.98 Å². The molecule has 0 fully saturated rings. The summed E-state index contributed by atoms with van der Waals surface area (Å²) in [6.45, 7) is 1.99. The normalized spacial score (nSPS) is 10.2. The van der Waals surface area contributed by atoms with Crippen molar-refractivity contribution in [1.29, 1.82) is 0 Å². The summed E-state index contributed by atoms with van der Waals surface area (Å²) < 4.78 is 0. The molecule has 0 aliphatic rings. The van der Waals surface area contributed by atoms with Gasteiger partial charge in [0.1, 0.15) is 0 Å². The fourth-order valence-corrected chi connectivity index (χ4v) is 2.25. The van der Waals surface area contributed by atoms with E-state index in [0.29, 0.717) is 11.1 Å². The molecule has 0 radical (unpaired) electrons. The molecular weight excluding hydrogens is 210 g/mol. The summed E-state index contributed by atoms with van der Waals surface area (Å²) >= 11 is 1.57. The van der Waals surface area contributed by atoms with Crippen LogP contribution in [0, 0.1) is 6.92 Å². The first-order valence-corrected chi connectivity index (χ1v) is 5.24. The summed E-state index contributed by atoms with van der Waals surface area (Å²) in [5.74, 6) is -0.918. The van der Waals surface area contributed by atoms with Crippen molar-refractivity contribution >= 4 is 17.3 Å². The molecule has 3 nitrogen and oxygen atoms in total. The Morgan fingerprint density at radius 2 is 2.20 bits per heavy atom. The molecule has 0 aliphatic carbocycles. The third-order valence-corrected chi connectivity index (χ3v) is 3.09. The van der Waals surface area contributed by atoms with E-state index < -0.39 is 5.97 Å². The molecule has 2 heterocycles. The van der Waals surface area contributed by atoms with E-state index in [4.69, 9.17) is 5.11 Å². The highest BCUT2D eigenvalue weighted by atomic mass is 32.1. The second-order valence-electron chi connectivity index (χ2n) is 3.14. The molecule has 2 aromatic heterocycles. The highest BCUT2D eigenvalue weighted by molar-refractivity contribution is 7.15. The molecule has 15 heavy (non-hydrogen) atoms. The number of hydrogen-bond acceptors (Lipinski definition) is 3. The number of aryl methyl sites for hydroxylation is 1. The quantitative estimate of drug-likeness (QED) is 0.844. The molecule has 0 aliphatic heterocycles. The van der Waals surface area contributed by atoms with Crippen LogP contribution in [0.25, 0.3) is 10.4 Å². The van der Waals surface area contributed by atoms with Gasteiger partial charge in [-0.2, -0.15) is 0 Å². The second kappa shape index (κ2) is 3.82. The molecule has 0 bridgehead atoms. The maximum absolute atomic E-state index is 11.0. The molecule has 0 unspecified atom stereocenters. The molecule has 0 saturated carbocycles. The first kappa shape index (κ1) is 9.86. The average Bonchev–Trinajstić information content (AvgIpc) is 2.65. The first-order chi connectivity index (χ1) is 7.18. The SMILES string of the molecule is Cc1ccc(-c2cnccc2C(=O)O)s1. The van der Waals surface area contributed by atoms with Crippen molar-refractivity contribution in [3.63, 3.8) is 0 Å². The summed E-state index contributed by atoms with van der Waals surface area (Å²) in [4.78, 5) is 17.0. The minimum absolute atomic E-state index is 0.298. The maximum atomic E-state index is 11.0. The second-order valence-corrected chi connectivity index (χ2v) is 4.42. The zero-order chi connectivity index (χ0) is 10.8. The molecule has 0 atom stereocenters. The summed E-state index contributed by atoms with van der Waals surface area (Å²) in [6.07, 6.45) is 3.09. The molecule has 0 saturated heterocycles. The lowest BCUT2D eigenvalue weighted by Crippen LogP contribution is -1.98. The fraction of sp³-hybridized carbons (Fsp3) is 0.0909.